The minimum absolute atomic E-state index is 0.512. The van der Waals surface area contributed by atoms with E-state index in [0.29, 0.717) is 0 Å². The number of hydrogen-bond acceptors (Lipinski definition) is 2. The van der Waals surface area contributed by atoms with E-state index in [-0.39, 0.29) is 0 Å². The van der Waals surface area contributed by atoms with Gasteiger partial charge in [0, 0.05) is 51.3 Å². The van der Waals surface area contributed by atoms with Gasteiger partial charge < -0.3 is 0 Å². The fourth-order valence-electron chi connectivity index (χ4n) is 9.42. The molecule has 0 unspecified atom stereocenters. The zero-order chi connectivity index (χ0) is 35.3. The van der Waals surface area contributed by atoms with Crippen LogP contribution >= 0.6 is 22.7 Å². The van der Waals surface area contributed by atoms with Crippen LogP contribution in [0.25, 0.3) is 83.8 Å². The number of rotatable bonds is 2. The molecular formula is C51H34S2. The minimum atomic E-state index is -0.512. The summed E-state index contributed by atoms with van der Waals surface area (Å²) in [6.07, 6.45) is 4.00. The summed E-state index contributed by atoms with van der Waals surface area (Å²) in [5, 5.41) is 13.7. The Balaban J connectivity index is 0.000000791. The van der Waals surface area contributed by atoms with Gasteiger partial charge in [-0.2, -0.15) is 0 Å². The first kappa shape index (κ1) is 30.8. The largest absolute Gasteiger partial charge is 0.135 e. The Bertz CT molecular complexity index is 3190. The van der Waals surface area contributed by atoms with E-state index in [9.17, 15) is 0 Å². The van der Waals surface area contributed by atoms with Crippen LogP contribution in [-0.4, -0.2) is 0 Å². The lowest BCUT2D eigenvalue weighted by Crippen LogP contribution is -2.34. The molecule has 0 saturated carbocycles. The van der Waals surface area contributed by atoms with Crippen molar-refractivity contribution < 1.29 is 0 Å². The van der Waals surface area contributed by atoms with Gasteiger partial charge in [-0.3, -0.25) is 0 Å². The second kappa shape index (κ2) is 11.6. The third kappa shape index (κ3) is 4.05. The third-order valence-electron chi connectivity index (χ3n) is 11.6. The molecule has 2 heteroatoms. The molecule has 2 aromatic heterocycles. The van der Waals surface area contributed by atoms with E-state index in [2.05, 4.69) is 158 Å². The normalized spacial score (nSPS) is 13.5. The van der Waals surface area contributed by atoms with E-state index >= 15 is 0 Å². The van der Waals surface area contributed by atoms with Crippen LogP contribution in [0.15, 0.2) is 170 Å². The average molecular weight is 711 g/mol. The van der Waals surface area contributed by atoms with Crippen molar-refractivity contribution in [1.29, 1.82) is 0 Å². The SMILES string of the molecule is CC=CC.c1ccc(C2(c3ccccc3)c3ccccc3-c3c4sc5ccccc5c4c4ccc5cc6c7ccccc7sc6c6cc2c3c4c56)cc1. The Morgan fingerprint density at radius 1 is 0.415 bits per heavy atom. The Hall–Kier alpha value is -5.80. The van der Waals surface area contributed by atoms with Crippen molar-refractivity contribution >= 4 is 95.3 Å². The highest BCUT2D eigenvalue weighted by molar-refractivity contribution is 7.27. The first-order chi connectivity index (χ1) is 26.2. The molecule has 0 amide bonds. The van der Waals surface area contributed by atoms with Crippen LogP contribution in [0, 0.1) is 0 Å². The minimum Gasteiger partial charge on any atom is -0.135 e. The van der Waals surface area contributed by atoms with Crippen molar-refractivity contribution in [2.45, 2.75) is 19.3 Å². The van der Waals surface area contributed by atoms with Gasteiger partial charge in [-0.1, -0.05) is 146 Å². The Morgan fingerprint density at radius 3 is 1.74 bits per heavy atom. The highest BCUT2D eigenvalue weighted by Crippen LogP contribution is 2.61. The molecule has 9 aromatic carbocycles. The number of fused-ring (bicyclic) bond motifs is 11. The number of hydrogen-bond donors (Lipinski definition) is 0. The highest BCUT2D eigenvalue weighted by atomic mass is 32.1. The predicted molar refractivity (Wildman–Crippen MR) is 234 cm³/mol. The first-order valence-corrected chi connectivity index (χ1v) is 20.1. The number of allylic oxidation sites excluding steroid dienone is 2. The molecule has 1 aliphatic carbocycles. The maximum atomic E-state index is 2.61. The van der Waals surface area contributed by atoms with Gasteiger partial charge in [0.25, 0.3) is 0 Å². The van der Waals surface area contributed by atoms with Gasteiger partial charge in [-0.05, 0) is 92.9 Å². The molecule has 0 saturated heterocycles. The van der Waals surface area contributed by atoms with Crippen LogP contribution < -0.4 is 0 Å². The van der Waals surface area contributed by atoms with Crippen molar-refractivity contribution in [2.75, 3.05) is 0 Å². The topological polar surface area (TPSA) is 0 Å². The van der Waals surface area contributed by atoms with Crippen molar-refractivity contribution in [3.8, 4) is 11.1 Å². The lowest BCUT2D eigenvalue weighted by Gasteiger charge is -2.42. The number of benzene rings is 9. The van der Waals surface area contributed by atoms with E-state index in [1.54, 1.807) is 0 Å². The second-order valence-corrected chi connectivity index (χ2v) is 16.3. The molecule has 53 heavy (non-hydrogen) atoms. The van der Waals surface area contributed by atoms with Gasteiger partial charge in [0.1, 0.15) is 0 Å². The van der Waals surface area contributed by atoms with Crippen molar-refractivity contribution in [2.24, 2.45) is 0 Å². The van der Waals surface area contributed by atoms with E-state index in [1.807, 2.05) is 48.7 Å². The molecular weight excluding hydrogens is 677 g/mol. The average Bonchev–Trinajstić information content (AvgIpc) is 3.80. The quantitative estimate of drug-likeness (QED) is 0.124. The van der Waals surface area contributed by atoms with Crippen LogP contribution in [0.2, 0.25) is 0 Å². The summed E-state index contributed by atoms with van der Waals surface area (Å²) in [7, 11) is 0. The van der Waals surface area contributed by atoms with Crippen LogP contribution in [-0.2, 0) is 5.41 Å². The summed E-state index contributed by atoms with van der Waals surface area (Å²) in [6, 6.07) is 59.7. The fraction of sp³-hybridized carbons (Fsp3) is 0.0588. The molecule has 0 aliphatic heterocycles. The monoisotopic (exact) mass is 710 g/mol. The van der Waals surface area contributed by atoms with Crippen LogP contribution in [0.4, 0.5) is 0 Å². The predicted octanol–water partition coefficient (Wildman–Crippen LogP) is 15.3. The van der Waals surface area contributed by atoms with Gasteiger partial charge in [-0.25, -0.2) is 0 Å². The van der Waals surface area contributed by atoms with Gasteiger partial charge >= 0.3 is 0 Å². The van der Waals surface area contributed by atoms with Crippen LogP contribution in [0.5, 0.6) is 0 Å². The zero-order valence-electron chi connectivity index (χ0n) is 29.5. The smallest absolute Gasteiger partial charge is 0.0714 e. The maximum absolute atomic E-state index is 2.61. The standard InChI is InChI=1S/C47H26S2.C4H8/c1-3-13-28(14-4-1)47(29-15-5-2-6-16-29)36-20-10-7-18-31(36)43-44-37(47)26-35-40-27(25-34-30-17-8-11-21-38(30)48-45(34)35)23-24-33(42(40)44)41-32-19-9-12-22-39(32)49-46(41)43;1-3-4-2/h1-26H;3-4H,1-2H3. The summed E-state index contributed by atoms with van der Waals surface area (Å²) in [6.45, 7) is 4.00. The Labute approximate surface area is 316 Å². The summed E-state index contributed by atoms with van der Waals surface area (Å²) in [5.41, 5.74) is 7.55. The van der Waals surface area contributed by atoms with Gasteiger partial charge in [0.15, 0.2) is 0 Å². The number of thiophene rings is 2. The van der Waals surface area contributed by atoms with E-state index in [0.717, 1.165) is 0 Å². The molecule has 0 nitrogen and oxygen atoms in total. The highest BCUT2D eigenvalue weighted by Gasteiger charge is 2.45. The van der Waals surface area contributed by atoms with Crippen LogP contribution in [0.3, 0.4) is 0 Å². The van der Waals surface area contributed by atoms with Crippen molar-refractivity contribution in [3.05, 3.63) is 192 Å². The lowest BCUT2D eigenvalue weighted by molar-refractivity contribution is 0.751. The molecule has 11 aromatic rings. The molecule has 0 atom stereocenters. The molecule has 2 heterocycles. The Kier molecular flexibility index (Phi) is 6.74. The first-order valence-electron chi connectivity index (χ1n) is 18.4. The summed E-state index contributed by atoms with van der Waals surface area (Å²) < 4.78 is 5.46. The van der Waals surface area contributed by atoms with Crippen molar-refractivity contribution in [1.82, 2.24) is 0 Å². The van der Waals surface area contributed by atoms with Gasteiger partial charge in [0.05, 0.1) is 5.41 Å². The molecule has 0 spiro atoms. The molecule has 250 valence electrons. The lowest BCUT2D eigenvalue weighted by atomic mass is 9.59. The van der Waals surface area contributed by atoms with E-state index < -0.39 is 5.41 Å². The molecule has 0 bridgehead atoms. The third-order valence-corrected chi connectivity index (χ3v) is 14.0. The van der Waals surface area contributed by atoms with E-state index in [4.69, 9.17) is 0 Å². The summed E-state index contributed by atoms with van der Waals surface area (Å²) in [5.74, 6) is 0. The second-order valence-electron chi connectivity index (χ2n) is 14.2. The zero-order valence-corrected chi connectivity index (χ0v) is 31.1. The summed E-state index contributed by atoms with van der Waals surface area (Å²) >= 11 is 3.90. The van der Waals surface area contributed by atoms with Crippen molar-refractivity contribution in [3.63, 3.8) is 0 Å². The van der Waals surface area contributed by atoms with Gasteiger partial charge in [-0.15, -0.1) is 22.7 Å². The van der Waals surface area contributed by atoms with Gasteiger partial charge in [0.2, 0.25) is 0 Å². The summed E-state index contributed by atoms with van der Waals surface area (Å²) in [4.78, 5) is 0. The Morgan fingerprint density at radius 2 is 1.02 bits per heavy atom. The van der Waals surface area contributed by atoms with E-state index in [1.165, 1.54) is 106 Å². The maximum Gasteiger partial charge on any atom is 0.0714 e. The molecule has 0 fully saturated rings. The molecule has 0 N–H and O–H groups in total. The molecule has 1 aliphatic rings. The van der Waals surface area contributed by atoms with Crippen LogP contribution in [0.1, 0.15) is 36.1 Å². The molecule has 12 rings (SSSR count). The fourth-order valence-corrected chi connectivity index (χ4v) is 11.9. The molecule has 0 radical (unpaired) electrons.